The Morgan fingerprint density at radius 1 is 1.47 bits per heavy atom. The van der Waals surface area contributed by atoms with Crippen molar-refractivity contribution in [2.75, 3.05) is 0 Å². The number of aryl methyl sites for hydroxylation is 1. The van der Waals surface area contributed by atoms with Gasteiger partial charge >= 0.3 is 0 Å². The van der Waals surface area contributed by atoms with E-state index < -0.39 is 0 Å². The van der Waals surface area contributed by atoms with Crippen LogP contribution >= 0.6 is 23.1 Å². The van der Waals surface area contributed by atoms with Crippen molar-refractivity contribution in [2.24, 2.45) is 0 Å². The van der Waals surface area contributed by atoms with Crippen molar-refractivity contribution in [3.8, 4) is 0 Å². The SMILES string of the molecule is CCC(C)Sc1nnc(Cc2csc(C)n2)o1. The highest BCUT2D eigenvalue weighted by atomic mass is 32.2. The molecular weight excluding hydrogens is 254 g/mol. The van der Waals surface area contributed by atoms with E-state index in [1.807, 2.05) is 12.3 Å². The van der Waals surface area contributed by atoms with Gasteiger partial charge in [-0.15, -0.1) is 21.5 Å². The van der Waals surface area contributed by atoms with E-state index in [9.17, 15) is 0 Å². The van der Waals surface area contributed by atoms with Crippen molar-refractivity contribution in [1.82, 2.24) is 15.2 Å². The van der Waals surface area contributed by atoms with Crippen molar-refractivity contribution in [3.63, 3.8) is 0 Å². The summed E-state index contributed by atoms with van der Waals surface area (Å²) in [6.45, 7) is 6.29. The normalized spacial score (nSPS) is 12.9. The Kier molecular flexibility index (Phi) is 4.17. The zero-order valence-electron chi connectivity index (χ0n) is 10.1. The average molecular weight is 269 g/mol. The number of hydrogen-bond acceptors (Lipinski definition) is 6. The van der Waals surface area contributed by atoms with Crippen LogP contribution in [0.25, 0.3) is 0 Å². The number of thioether (sulfide) groups is 1. The second-order valence-corrected chi connectivity index (χ2v) is 6.28. The molecule has 6 heteroatoms. The predicted molar refractivity (Wildman–Crippen MR) is 69.6 cm³/mol. The zero-order chi connectivity index (χ0) is 12.3. The summed E-state index contributed by atoms with van der Waals surface area (Å²) >= 11 is 3.26. The van der Waals surface area contributed by atoms with E-state index in [-0.39, 0.29) is 0 Å². The molecule has 0 aliphatic rings. The summed E-state index contributed by atoms with van der Waals surface area (Å²) in [7, 11) is 0. The third-order valence-corrected chi connectivity index (χ3v) is 4.25. The van der Waals surface area contributed by atoms with E-state index in [1.54, 1.807) is 23.1 Å². The lowest BCUT2D eigenvalue weighted by Crippen LogP contribution is -1.91. The van der Waals surface area contributed by atoms with Gasteiger partial charge in [0.2, 0.25) is 5.89 Å². The van der Waals surface area contributed by atoms with E-state index in [0.29, 0.717) is 22.8 Å². The molecule has 0 aliphatic heterocycles. The van der Waals surface area contributed by atoms with Gasteiger partial charge in [0.1, 0.15) is 0 Å². The van der Waals surface area contributed by atoms with E-state index in [0.717, 1.165) is 17.1 Å². The largest absolute Gasteiger partial charge is 0.416 e. The summed E-state index contributed by atoms with van der Waals surface area (Å²) in [5, 5.41) is 12.3. The molecule has 1 unspecified atom stereocenters. The van der Waals surface area contributed by atoms with Crippen LogP contribution in [0.2, 0.25) is 0 Å². The molecular formula is C11H15N3OS2. The van der Waals surface area contributed by atoms with Crippen LogP contribution in [0, 0.1) is 6.92 Å². The Hall–Kier alpha value is -0.880. The Morgan fingerprint density at radius 2 is 2.29 bits per heavy atom. The second-order valence-electron chi connectivity index (χ2n) is 3.83. The molecule has 0 bridgehead atoms. The molecule has 1 atom stereocenters. The molecule has 4 nitrogen and oxygen atoms in total. The molecule has 2 heterocycles. The lowest BCUT2D eigenvalue weighted by Gasteiger charge is -2.01. The first-order chi connectivity index (χ1) is 8.17. The van der Waals surface area contributed by atoms with Crippen LogP contribution < -0.4 is 0 Å². The van der Waals surface area contributed by atoms with E-state index >= 15 is 0 Å². The highest BCUT2D eigenvalue weighted by Gasteiger charge is 2.11. The van der Waals surface area contributed by atoms with Crippen LogP contribution in [0.1, 0.15) is 36.9 Å². The number of hydrogen-bond donors (Lipinski definition) is 0. The van der Waals surface area contributed by atoms with Gasteiger partial charge in [-0.2, -0.15) is 0 Å². The Balaban J connectivity index is 1.98. The van der Waals surface area contributed by atoms with Gasteiger partial charge in [0.25, 0.3) is 5.22 Å². The van der Waals surface area contributed by atoms with Gasteiger partial charge in [-0.05, 0) is 13.3 Å². The lowest BCUT2D eigenvalue weighted by molar-refractivity contribution is 0.418. The Morgan fingerprint density at radius 3 is 2.94 bits per heavy atom. The molecule has 0 aromatic carbocycles. The molecule has 0 spiro atoms. The summed E-state index contributed by atoms with van der Waals surface area (Å²) in [6, 6.07) is 0. The molecule has 2 aromatic heterocycles. The summed E-state index contributed by atoms with van der Waals surface area (Å²) in [6.07, 6.45) is 1.71. The van der Waals surface area contributed by atoms with Crippen LogP contribution in [-0.4, -0.2) is 20.4 Å². The van der Waals surface area contributed by atoms with Gasteiger partial charge < -0.3 is 4.42 Å². The van der Waals surface area contributed by atoms with Crippen molar-refractivity contribution in [3.05, 3.63) is 22.0 Å². The predicted octanol–water partition coefficient (Wildman–Crippen LogP) is 3.32. The molecule has 0 radical (unpaired) electrons. The van der Waals surface area contributed by atoms with E-state index in [1.165, 1.54) is 0 Å². The Labute approximate surface area is 109 Å². The monoisotopic (exact) mass is 269 g/mol. The van der Waals surface area contributed by atoms with Gasteiger partial charge in [0.15, 0.2) is 0 Å². The number of nitrogens with zero attached hydrogens (tertiary/aromatic N) is 3. The molecule has 0 N–H and O–H groups in total. The maximum atomic E-state index is 5.57. The lowest BCUT2D eigenvalue weighted by atomic mass is 10.3. The highest BCUT2D eigenvalue weighted by molar-refractivity contribution is 7.99. The van der Waals surface area contributed by atoms with Crippen LogP contribution in [0.5, 0.6) is 0 Å². The van der Waals surface area contributed by atoms with E-state index in [2.05, 4.69) is 29.0 Å². The second kappa shape index (κ2) is 5.64. The molecule has 2 rings (SSSR count). The molecule has 0 aliphatic carbocycles. The third-order valence-electron chi connectivity index (χ3n) is 2.32. The standard InChI is InChI=1S/C11H15N3OS2/c1-4-7(2)17-11-14-13-10(15-11)5-9-6-16-8(3)12-9/h6-7H,4-5H2,1-3H3. The molecule has 0 saturated carbocycles. The van der Waals surface area contributed by atoms with Crippen LogP contribution in [0.3, 0.4) is 0 Å². The van der Waals surface area contributed by atoms with Crippen molar-refractivity contribution < 1.29 is 4.42 Å². The van der Waals surface area contributed by atoms with Gasteiger partial charge in [0, 0.05) is 10.6 Å². The quantitative estimate of drug-likeness (QED) is 0.779. The average Bonchev–Trinajstić information content (AvgIpc) is 2.89. The first kappa shape index (κ1) is 12.6. The summed E-state index contributed by atoms with van der Waals surface area (Å²) in [5.41, 5.74) is 0.997. The minimum Gasteiger partial charge on any atom is -0.416 e. The summed E-state index contributed by atoms with van der Waals surface area (Å²) in [4.78, 5) is 4.38. The first-order valence-electron chi connectivity index (χ1n) is 5.57. The minimum absolute atomic E-state index is 0.504. The summed E-state index contributed by atoms with van der Waals surface area (Å²) < 4.78 is 5.57. The van der Waals surface area contributed by atoms with Crippen LogP contribution in [-0.2, 0) is 6.42 Å². The molecule has 92 valence electrons. The van der Waals surface area contributed by atoms with Gasteiger partial charge in [-0.1, -0.05) is 25.6 Å². The zero-order valence-corrected chi connectivity index (χ0v) is 11.8. The smallest absolute Gasteiger partial charge is 0.276 e. The van der Waals surface area contributed by atoms with Crippen molar-refractivity contribution in [1.29, 1.82) is 0 Å². The fraction of sp³-hybridized carbons (Fsp3) is 0.545. The Bertz CT molecular complexity index is 481. The van der Waals surface area contributed by atoms with Crippen LogP contribution in [0.15, 0.2) is 15.0 Å². The van der Waals surface area contributed by atoms with Gasteiger partial charge in [-0.25, -0.2) is 4.98 Å². The molecule has 0 fully saturated rings. The van der Waals surface area contributed by atoms with Crippen molar-refractivity contribution >= 4 is 23.1 Å². The highest BCUT2D eigenvalue weighted by Crippen LogP contribution is 2.24. The molecule has 0 saturated heterocycles. The number of aromatic nitrogens is 3. The molecule has 0 amide bonds. The maximum absolute atomic E-state index is 5.57. The summed E-state index contributed by atoms with van der Waals surface area (Å²) in [5.74, 6) is 0.640. The van der Waals surface area contributed by atoms with E-state index in [4.69, 9.17) is 4.42 Å². The van der Waals surface area contributed by atoms with Crippen molar-refractivity contribution in [2.45, 2.75) is 44.1 Å². The van der Waals surface area contributed by atoms with Gasteiger partial charge in [0.05, 0.1) is 17.1 Å². The molecule has 2 aromatic rings. The number of thiazole rings is 1. The topological polar surface area (TPSA) is 51.8 Å². The maximum Gasteiger partial charge on any atom is 0.276 e. The fourth-order valence-corrected chi connectivity index (χ4v) is 2.61. The number of rotatable bonds is 5. The fourth-order valence-electron chi connectivity index (χ4n) is 1.26. The minimum atomic E-state index is 0.504. The van der Waals surface area contributed by atoms with Gasteiger partial charge in [-0.3, -0.25) is 0 Å². The van der Waals surface area contributed by atoms with Crippen LogP contribution in [0.4, 0.5) is 0 Å². The molecule has 17 heavy (non-hydrogen) atoms. The first-order valence-corrected chi connectivity index (χ1v) is 7.33. The third kappa shape index (κ3) is 3.54.